The number of aliphatic imine (C=N–C) groups is 1. The van der Waals surface area contributed by atoms with E-state index in [0.29, 0.717) is 31.2 Å². The predicted molar refractivity (Wildman–Crippen MR) is 104 cm³/mol. The molecule has 4 rings (SSSR count). The van der Waals surface area contributed by atoms with Gasteiger partial charge in [-0.1, -0.05) is 24.3 Å². The minimum absolute atomic E-state index is 0.0293. The molecule has 148 valence electrons. The number of nitrogens with zero attached hydrogens (tertiary/aromatic N) is 2. The van der Waals surface area contributed by atoms with Gasteiger partial charge >= 0.3 is 0 Å². The number of allylic oxidation sites excluding steroid dienone is 2. The van der Waals surface area contributed by atoms with Gasteiger partial charge in [-0.2, -0.15) is 0 Å². The number of halogens is 1. The monoisotopic (exact) mass is 384 g/mol. The molecule has 6 nitrogen and oxygen atoms in total. The van der Waals surface area contributed by atoms with Gasteiger partial charge in [-0.05, 0) is 42.4 Å². The van der Waals surface area contributed by atoms with Crippen LogP contribution in [-0.2, 0) is 16.1 Å². The highest BCUT2D eigenvalue weighted by Gasteiger charge is 2.58. The van der Waals surface area contributed by atoms with Crippen molar-refractivity contribution in [3.05, 3.63) is 47.3 Å². The highest BCUT2D eigenvalue weighted by molar-refractivity contribution is 6.06. The van der Waals surface area contributed by atoms with Crippen LogP contribution in [0.5, 0.6) is 0 Å². The predicted octanol–water partition coefficient (Wildman–Crippen LogP) is 1.61. The zero-order chi connectivity index (χ0) is 19.8. The van der Waals surface area contributed by atoms with Crippen LogP contribution in [0, 0.1) is 36.4 Å². The molecule has 7 heteroatoms. The molecule has 1 aromatic rings. The second-order valence-electron chi connectivity index (χ2n) is 7.76. The van der Waals surface area contributed by atoms with Crippen LogP contribution >= 0.6 is 0 Å². The zero-order valence-electron chi connectivity index (χ0n) is 16.1. The summed E-state index contributed by atoms with van der Waals surface area (Å²) < 4.78 is 13.4. The number of amides is 2. The molecule has 1 aliphatic heterocycles. The number of rotatable bonds is 5. The van der Waals surface area contributed by atoms with Crippen LogP contribution in [0.2, 0.25) is 0 Å². The average molecular weight is 384 g/mol. The molecule has 4 unspecified atom stereocenters. The van der Waals surface area contributed by atoms with Crippen LogP contribution in [-0.4, -0.2) is 42.8 Å². The van der Waals surface area contributed by atoms with E-state index in [4.69, 9.17) is 0 Å². The van der Waals surface area contributed by atoms with Crippen LogP contribution in [0.1, 0.15) is 17.5 Å². The molecule has 2 amide bonds. The second kappa shape index (κ2) is 7.37. The fourth-order valence-corrected chi connectivity index (χ4v) is 4.69. The second-order valence-corrected chi connectivity index (χ2v) is 7.76. The third-order valence-corrected chi connectivity index (χ3v) is 6.10. The van der Waals surface area contributed by atoms with Gasteiger partial charge in [0.1, 0.15) is 5.82 Å². The number of aryl methyl sites for hydroxylation is 1. The summed E-state index contributed by atoms with van der Waals surface area (Å²) in [6.07, 6.45) is 5.14. The third kappa shape index (κ3) is 3.19. The summed E-state index contributed by atoms with van der Waals surface area (Å²) in [5, 5.41) is 6.30. The molecule has 2 N–H and O–H groups in total. The van der Waals surface area contributed by atoms with Crippen molar-refractivity contribution in [3.63, 3.8) is 0 Å². The van der Waals surface area contributed by atoms with E-state index in [9.17, 15) is 14.0 Å². The van der Waals surface area contributed by atoms with E-state index in [1.54, 1.807) is 26.1 Å². The highest BCUT2D eigenvalue weighted by atomic mass is 19.1. The van der Waals surface area contributed by atoms with E-state index in [0.717, 1.165) is 12.0 Å². The van der Waals surface area contributed by atoms with Gasteiger partial charge in [0.05, 0.1) is 11.8 Å². The van der Waals surface area contributed by atoms with Gasteiger partial charge in [-0.15, -0.1) is 0 Å². The van der Waals surface area contributed by atoms with Crippen molar-refractivity contribution in [2.45, 2.75) is 19.9 Å². The lowest BCUT2D eigenvalue weighted by atomic mass is 9.85. The zero-order valence-corrected chi connectivity index (χ0v) is 16.1. The Kier molecular flexibility index (Phi) is 4.91. The normalized spacial score (nSPS) is 28.2. The standard InChI is InChI=1S/C21H25FN4O2/c1-12-9-13(3-6-16(12)22)11-25-21(23-2)24-7-8-26-19(27)17-14-4-5-15(10-14)18(17)20(26)28/h3-6,9,14-15,17-18H,7-8,10-11H2,1-2H3,(H2,23,24,25). The summed E-state index contributed by atoms with van der Waals surface area (Å²) in [6, 6.07) is 4.97. The number of hydrogen-bond donors (Lipinski definition) is 2. The maximum absolute atomic E-state index is 13.4. The fraction of sp³-hybridized carbons (Fsp3) is 0.476. The number of fused-ring (bicyclic) bond motifs is 5. The van der Waals surface area contributed by atoms with Crippen molar-refractivity contribution in [1.29, 1.82) is 0 Å². The highest BCUT2D eigenvalue weighted by Crippen LogP contribution is 2.52. The Balaban J connectivity index is 1.28. The van der Waals surface area contributed by atoms with E-state index in [-0.39, 0.29) is 41.3 Å². The van der Waals surface area contributed by atoms with Gasteiger partial charge in [0, 0.05) is 26.7 Å². The number of benzene rings is 1. The lowest BCUT2D eigenvalue weighted by Gasteiger charge is -2.18. The summed E-state index contributed by atoms with van der Waals surface area (Å²) in [5.74, 6) is 0.457. The molecule has 3 aliphatic rings. The summed E-state index contributed by atoms with van der Waals surface area (Å²) in [7, 11) is 1.66. The van der Waals surface area contributed by atoms with E-state index < -0.39 is 0 Å². The molecule has 1 saturated heterocycles. The van der Waals surface area contributed by atoms with Gasteiger partial charge < -0.3 is 10.6 Å². The number of hydrogen-bond acceptors (Lipinski definition) is 3. The molecule has 0 spiro atoms. The van der Waals surface area contributed by atoms with E-state index in [1.807, 2.05) is 0 Å². The summed E-state index contributed by atoms with van der Waals surface area (Å²) in [5.41, 5.74) is 1.55. The van der Waals surface area contributed by atoms with E-state index in [2.05, 4.69) is 27.8 Å². The number of nitrogens with one attached hydrogen (secondary N) is 2. The Labute approximate surface area is 163 Å². The van der Waals surface area contributed by atoms with E-state index >= 15 is 0 Å². The first-order chi connectivity index (χ1) is 13.5. The number of guanidine groups is 1. The van der Waals surface area contributed by atoms with Crippen LogP contribution in [0.25, 0.3) is 0 Å². The van der Waals surface area contributed by atoms with Crippen molar-refractivity contribution in [2.75, 3.05) is 20.1 Å². The van der Waals surface area contributed by atoms with Crippen molar-refractivity contribution in [2.24, 2.45) is 28.7 Å². The third-order valence-electron chi connectivity index (χ3n) is 6.10. The maximum Gasteiger partial charge on any atom is 0.233 e. The summed E-state index contributed by atoms with van der Waals surface area (Å²) in [6.45, 7) is 3.00. The molecule has 28 heavy (non-hydrogen) atoms. The maximum atomic E-state index is 13.4. The molecule has 1 aromatic carbocycles. The molecule has 1 saturated carbocycles. The van der Waals surface area contributed by atoms with Crippen molar-refractivity contribution >= 4 is 17.8 Å². The molecule has 0 radical (unpaired) electrons. The lowest BCUT2D eigenvalue weighted by Crippen LogP contribution is -2.43. The summed E-state index contributed by atoms with van der Waals surface area (Å²) in [4.78, 5) is 30.9. The number of carbonyl (C=O) groups excluding carboxylic acids is 2. The van der Waals surface area contributed by atoms with Gasteiger partial charge in [-0.3, -0.25) is 19.5 Å². The Morgan fingerprint density at radius 1 is 1.18 bits per heavy atom. The molecule has 2 fully saturated rings. The first kappa shape index (κ1) is 18.7. The number of likely N-dealkylation sites (tertiary alicyclic amines) is 1. The molecular formula is C21H25FN4O2. The quantitative estimate of drug-likeness (QED) is 0.350. The van der Waals surface area contributed by atoms with Crippen LogP contribution < -0.4 is 10.6 Å². The van der Waals surface area contributed by atoms with Gasteiger partial charge in [0.25, 0.3) is 0 Å². The Morgan fingerprint density at radius 2 is 1.86 bits per heavy atom. The Bertz CT molecular complexity index is 836. The van der Waals surface area contributed by atoms with Crippen LogP contribution in [0.3, 0.4) is 0 Å². The Morgan fingerprint density at radius 3 is 2.46 bits per heavy atom. The first-order valence-corrected chi connectivity index (χ1v) is 9.72. The topological polar surface area (TPSA) is 73.8 Å². The lowest BCUT2D eigenvalue weighted by molar-refractivity contribution is -0.140. The minimum atomic E-state index is -0.223. The Hall–Kier alpha value is -2.70. The molecule has 2 bridgehead atoms. The molecule has 0 aromatic heterocycles. The summed E-state index contributed by atoms with van der Waals surface area (Å²) >= 11 is 0. The van der Waals surface area contributed by atoms with Gasteiger partial charge in [-0.25, -0.2) is 4.39 Å². The molecule has 2 aliphatic carbocycles. The van der Waals surface area contributed by atoms with Gasteiger partial charge in [0.15, 0.2) is 5.96 Å². The first-order valence-electron chi connectivity index (χ1n) is 9.72. The van der Waals surface area contributed by atoms with Crippen LogP contribution in [0.4, 0.5) is 4.39 Å². The van der Waals surface area contributed by atoms with Crippen molar-refractivity contribution in [3.8, 4) is 0 Å². The molecule has 4 atom stereocenters. The van der Waals surface area contributed by atoms with E-state index in [1.165, 1.54) is 11.0 Å². The minimum Gasteiger partial charge on any atom is -0.355 e. The smallest absolute Gasteiger partial charge is 0.233 e. The SMILES string of the molecule is CN=C(NCCN1C(=O)C2C3C=CC(C3)C2C1=O)NCc1ccc(F)c(C)c1. The van der Waals surface area contributed by atoms with Crippen LogP contribution in [0.15, 0.2) is 35.3 Å². The molecular weight excluding hydrogens is 359 g/mol. The average Bonchev–Trinajstić information content (AvgIpc) is 3.36. The van der Waals surface area contributed by atoms with Crippen molar-refractivity contribution < 1.29 is 14.0 Å². The van der Waals surface area contributed by atoms with Crippen molar-refractivity contribution in [1.82, 2.24) is 15.5 Å². The fourth-order valence-electron chi connectivity index (χ4n) is 4.69. The molecule has 1 heterocycles. The largest absolute Gasteiger partial charge is 0.355 e. The van der Waals surface area contributed by atoms with Gasteiger partial charge in [0.2, 0.25) is 11.8 Å². The number of imide groups is 1. The number of carbonyl (C=O) groups is 2.